The summed E-state index contributed by atoms with van der Waals surface area (Å²) in [6, 6.07) is 10.5. The summed E-state index contributed by atoms with van der Waals surface area (Å²) in [5.74, 6) is -8.90. The van der Waals surface area contributed by atoms with Crippen molar-refractivity contribution in [3.63, 3.8) is 0 Å². The van der Waals surface area contributed by atoms with E-state index >= 15 is 0 Å². The largest absolute Gasteiger partial charge is 0.504 e. The third kappa shape index (κ3) is 4.11. The smallest absolute Gasteiger partial charge is 0.341 e. The van der Waals surface area contributed by atoms with Crippen molar-refractivity contribution in [3.05, 3.63) is 76.9 Å². The van der Waals surface area contributed by atoms with Gasteiger partial charge < -0.3 is 40.1 Å². The van der Waals surface area contributed by atoms with Crippen LogP contribution < -0.4 is 0 Å². The zero-order valence-corrected chi connectivity index (χ0v) is 17.3. The first-order chi connectivity index (χ1) is 16.1. The standard InChI is InChI=1S/C24H18O10/c25-16-7-14(8-17(26)20(16)29)22(31)33-24(6-5-12-3-1-2-4-13(12)11-24)34-23(32)15-9-18(27)21(30)19(28)10-15/h1-10,25-30H,11H2. The molecule has 10 nitrogen and oxygen atoms in total. The molecule has 0 amide bonds. The van der Waals surface area contributed by atoms with E-state index in [-0.39, 0.29) is 17.5 Å². The molecule has 0 fully saturated rings. The highest BCUT2D eigenvalue weighted by molar-refractivity contribution is 5.93. The lowest BCUT2D eigenvalue weighted by Crippen LogP contribution is -2.42. The Morgan fingerprint density at radius 2 is 1.15 bits per heavy atom. The van der Waals surface area contributed by atoms with Gasteiger partial charge >= 0.3 is 11.9 Å². The summed E-state index contributed by atoms with van der Waals surface area (Å²) in [5, 5.41) is 57.9. The minimum atomic E-state index is -1.99. The molecule has 4 rings (SSSR count). The molecule has 0 aliphatic heterocycles. The van der Waals surface area contributed by atoms with Crippen LogP contribution in [-0.4, -0.2) is 48.4 Å². The quantitative estimate of drug-likeness (QED) is 0.191. The van der Waals surface area contributed by atoms with E-state index in [2.05, 4.69) is 0 Å². The number of carbonyl (C=O) groups is 2. The molecule has 0 spiro atoms. The number of carbonyl (C=O) groups excluding carboxylic acids is 2. The molecule has 6 N–H and O–H groups in total. The lowest BCUT2D eigenvalue weighted by Gasteiger charge is -2.33. The topological polar surface area (TPSA) is 174 Å². The molecule has 0 atom stereocenters. The molecule has 34 heavy (non-hydrogen) atoms. The monoisotopic (exact) mass is 466 g/mol. The Labute approximate surface area is 191 Å². The molecule has 0 bridgehead atoms. The number of rotatable bonds is 4. The zero-order chi connectivity index (χ0) is 24.6. The first-order valence-electron chi connectivity index (χ1n) is 9.82. The van der Waals surface area contributed by atoms with Crippen LogP contribution in [0.15, 0.2) is 54.6 Å². The highest BCUT2D eigenvalue weighted by Crippen LogP contribution is 2.39. The summed E-state index contributed by atoms with van der Waals surface area (Å²) in [5.41, 5.74) is 0.772. The van der Waals surface area contributed by atoms with Crippen LogP contribution in [0.1, 0.15) is 31.8 Å². The predicted octanol–water partition coefficient (Wildman–Crippen LogP) is 2.90. The van der Waals surface area contributed by atoms with E-state index in [9.17, 15) is 40.2 Å². The number of phenolic OH excluding ortho intramolecular Hbond substituents is 6. The Bertz CT molecular complexity index is 1220. The fourth-order valence-corrected chi connectivity index (χ4v) is 3.44. The Morgan fingerprint density at radius 1 is 0.706 bits per heavy atom. The molecule has 3 aromatic rings. The van der Waals surface area contributed by atoms with Crippen LogP contribution in [0.3, 0.4) is 0 Å². The minimum absolute atomic E-state index is 0.108. The van der Waals surface area contributed by atoms with Crippen molar-refractivity contribution in [3.8, 4) is 34.5 Å². The molecule has 174 valence electrons. The van der Waals surface area contributed by atoms with E-state index in [4.69, 9.17) is 9.47 Å². The van der Waals surface area contributed by atoms with E-state index in [1.54, 1.807) is 30.3 Å². The normalized spacial score (nSPS) is 13.6. The lowest BCUT2D eigenvalue weighted by atomic mass is 9.93. The van der Waals surface area contributed by atoms with Crippen molar-refractivity contribution in [2.45, 2.75) is 12.2 Å². The first kappa shape index (κ1) is 22.3. The van der Waals surface area contributed by atoms with Crippen molar-refractivity contribution >= 4 is 18.0 Å². The van der Waals surface area contributed by atoms with E-state index in [1.807, 2.05) is 0 Å². The SMILES string of the molecule is O=C(OC1(OC(=O)c2cc(O)c(O)c(O)c2)C=Cc2ccccc2C1)c1cc(O)c(O)c(O)c1. The van der Waals surface area contributed by atoms with Gasteiger partial charge in [0, 0.05) is 6.08 Å². The second-order valence-corrected chi connectivity index (χ2v) is 7.53. The summed E-state index contributed by atoms with van der Waals surface area (Å²) < 4.78 is 11.0. The van der Waals surface area contributed by atoms with E-state index in [0.29, 0.717) is 5.56 Å². The summed E-state index contributed by atoms with van der Waals surface area (Å²) in [6.45, 7) is 0. The predicted molar refractivity (Wildman–Crippen MR) is 116 cm³/mol. The maximum Gasteiger partial charge on any atom is 0.341 e. The second kappa shape index (κ2) is 8.24. The molecular weight excluding hydrogens is 448 g/mol. The zero-order valence-electron chi connectivity index (χ0n) is 17.3. The molecule has 0 aromatic heterocycles. The van der Waals surface area contributed by atoms with Gasteiger partial charge in [0.05, 0.1) is 17.5 Å². The van der Waals surface area contributed by atoms with Crippen LogP contribution in [0.25, 0.3) is 6.08 Å². The average Bonchev–Trinajstić information content (AvgIpc) is 2.80. The molecular formula is C24H18O10. The van der Waals surface area contributed by atoms with Crippen molar-refractivity contribution in [2.24, 2.45) is 0 Å². The van der Waals surface area contributed by atoms with Gasteiger partial charge in [0.1, 0.15) is 0 Å². The molecule has 1 aliphatic rings. The number of esters is 2. The van der Waals surface area contributed by atoms with Gasteiger partial charge in [-0.15, -0.1) is 0 Å². The molecule has 1 aliphatic carbocycles. The van der Waals surface area contributed by atoms with Crippen LogP contribution >= 0.6 is 0 Å². The highest BCUT2D eigenvalue weighted by atomic mass is 16.7. The third-order valence-corrected chi connectivity index (χ3v) is 5.15. The molecule has 0 radical (unpaired) electrons. The second-order valence-electron chi connectivity index (χ2n) is 7.53. The van der Waals surface area contributed by atoms with Gasteiger partial charge in [0.25, 0.3) is 5.79 Å². The Morgan fingerprint density at radius 3 is 1.62 bits per heavy atom. The van der Waals surface area contributed by atoms with Crippen LogP contribution in [0.4, 0.5) is 0 Å². The van der Waals surface area contributed by atoms with Crippen LogP contribution in [-0.2, 0) is 15.9 Å². The maximum absolute atomic E-state index is 12.9. The van der Waals surface area contributed by atoms with Crippen molar-refractivity contribution < 1.29 is 49.7 Å². The van der Waals surface area contributed by atoms with E-state index < -0.39 is 52.2 Å². The van der Waals surface area contributed by atoms with Gasteiger partial charge in [-0.2, -0.15) is 0 Å². The van der Waals surface area contributed by atoms with Gasteiger partial charge in [0.15, 0.2) is 34.5 Å². The molecule has 0 saturated heterocycles. The summed E-state index contributed by atoms with van der Waals surface area (Å²) in [4.78, 5) is 25.7. The number of phenols is 6. The fourth-order valence-electron chi connectivity index (χ4n) is 3.44. The number of hydrogen-bond acceptors (Lipinski definition) is 10. The van der Waals surface area contributed by atoms with Gasteiger partial charge in [-0.3, -0.25) is 0 Å². The number of aromatic hydroxyl groups is 6. The maximum atomic E-state index is 12.9. The average molecular weight is 466 g/mol. The van der Waals surface area contributed by atoms with Crippen molar-refractivity contribution in [2.75, 3.05) is 0 Å². The van der Waals surface area contributed by atoms with Gasteiger partial charge in [-0.25, -0.2) is 9.59 Å². The lowest BCUT2D eigenvalue weighted by molar-refractivity contribution is -0.134. The van der Waals surface area contributed by atoms with Gasteiger partial charge in [-0.1, -0.05) is 30.3 Å². The number of ether oxygens (including phenoxy) is 2. The number of benzene rings is 3. The molecule has 3 aromatic carbocycles. The number of fused-ring (bicyclic) bond motifs is 1. The molecule has 0 saturated carbocycles. The van der Waals surface area contributed by atoms with Crippen molar-refractivity contribution in [1.82, 2.24) is 0 Å². The Hall–Kier alpha value is -4.86. The number of hydrogen-bond donors (Lipinski definition) is 6. The summed E-state index contributed by atoms with van der Waals surface area (Å²) in [6.07, 6.45) is 2.78. The third-order valence-electron chi connectivity index (χ3n) is 5.15. The van der Waals surface area contributed by atoms with Crippen molar-refractivity contribution in [1.29, 1.82) is 0 Å². The van der Waals surface area contributed by atoms with Gasteiger partial charge in [-0.05, 0) is 35.4 Å². The van der Waals surface area contributed by atoms with E-state index in [1.165, 1.54) is 6.08 Å². The summed E-state index contributed by atoms with van der Waals surface area (Å²) in [7, 11) is 0. The molecule has 10 heteroatoms. The fraction of sp³-hybridized carbons (Fsp3) is 0.0833. The van der Waals surface area contributed by atoms with Crippen LogP contribution in [0.2, 0.25) is 0 Å². The van der Waals surface area contributed by atoms with Gasteiger partial charge in [0.2, 0.25) is 0 Å². The minimum Gasteiger partial charge on any atom is -0.504 e. The summed E-state index contributed by atoms with van der Waals surface area (Å²) >= 11 is 0. The highest BCUT2D eigenvalue weighted by Gasteiger charge is 2.40. The molecule has 0 unspecified atom stereocenters. The Kier molecular flexibility index (Phi) is 5.42. The van der Waals surface area contributed by atoms with E-state index in [0.717, 1.165) is 29.8 Å². The first-order valence-corrected chi connectivity index (χ1v) is 9.82. The Balaban J connectivity index is 1.70. The van der Waals surface area contributed by atoms with Crippen LogP contribution in [0.5, 0.6) is 34.5 Å². The van der Waals surface area contributed by atoms with Crippen LogP contribution in [0, 0.1) is 0 Å². The molecule has 0 heterocycles.